The quantitative estimate of drug-likeness (QED) is 0.0915. The molecule has 1 unspecified atom stereocenters. The third kappa shape index (κ3) is 5.35. The summed E-state index contributed by atoms with van der Waals surface area (Å²) >= 11 is 8.23. The van der Waals surface area contributed by atoms with Crippen LogP contribution in [0.15, 0.2) is 39.3 Å². The molecule has 0 radical (unpaired) electrons. The molecule has 5 heterocycles. The lowest BCUT2D eigenvalue weighted by molar-refractivity contribution is -0.688. The molecule has 2 amide bonds. The zero-order valence-corrected chi connectivity index (χ0v) is 23.2. The number of pyridine rings is 1. The minimum absolute atomic E-state index is 0.00444. The van der Waals surface area contributed by atoms with Crippen molar-refractivity contribution in [3.05, 3.63) is 39.8 Å². The Kier molecular flexibility index (Phi) is 7.45. The summed E-state index contributed by atoms with van der Waals surface area (Å²) in [5, 5.41) is 24.5. The van der Waals surface area contributed by atoms with E-state index >= 15 is 0 Å². The van der Waals surface area contributed by atoms with Crippen molar-refractivity contribution in [2.24, 2.45) is 5.16 Å². The first-order chi connectivity index (χ1) is 19.4. The third-order valence-electron chi connectivity index (χ3n) is 6.01. The molecular formula is C22H20ClN8O8S2+. The van der Waals surface area contributed by atoms with E-state index in [2.05, 4.69) is 20.4 Å². The van der Waals surface area contributed by atoms with Crippen LogP contribution in [0.2, 0.25) is 4.34 Å². The van der Waals surface area contributed by atoms with Crippen molar-refractivity contribution < 1.29 is 43.2 Å². The summed E-state index contributed by atoms with van der Waals surface area (Å²) in [7, 11) is 0. The summed E-state index contributed by atoms with van der Waals surface area (Å²) < 4.78 is 7.00. The van der Waals surface area contributed by atoms with Crippen molar-refractivity contribution in [3.63, 3.8) is 0 Å². The van der Waals surface area contributed by atoms with E-state index in [9.17, 15) is 24.3 Å². The first-order valence-electron chi connectivity index (χ1n) is 11.6. The van der Waals surface area contributed by atoms with Gasteiger partial charge in [0, 0.05) is 17.4 Å². The van der Waals surface area contributed by atoms with Crippen LogP contribution in [0.4, 0.5) is 11.1 Å². The highest BCUT2D eigenvalue weighted by Crippen LogP contribution is 2.40. The van der Waals surface area contributed by atoms with E-state index in [4.69, 9.17) is 37.4 Å². The number of carboxylic acids is 2. The molecule has 0 aromatic carbocycles. The first-order valence-corrected chi connectivity index (χ1v) is 13.8. The number of nitrogens with one attached hydrogen (secondary N) is 1. The molecule has 0 spiro atoms. The fraction of sp³-hybridized carbons (Fsp3) is 0.273. The highest BCUT2D eigenvalue weighted by Gasteiger charge is 2.55. The number of nitrogens with zero attached hydrogens (tertiary/aromatic N) is 5. The average molecular weight is 624 g/mol. The Morgan fingerprint density at radius 3 is 2.78 bits per heavy atom. The predicted molar refractivity (Wildman–Crippen MR) is 145 cm³/mol. The number of amides is 2. The molecule has 7 N–H and O–H groups in total. The van der Waals surface area contributed by atoms with Gasteiger partial charge in [0.05, 0.1) is 0 Å². The molecule has 16 nitrogen and oxygen atoms in total. The number of thiazole rings is 1. The molecule has 5 rings (SSSR count). The van der Waals surface area contributed by atoms with E-state index in [1.165, 1.54) is 18.7 Å². The van der Waals surface area contributed by atoms with Crippen molar-refractivity contribution in [1.29, 1.82) is 0 Å². The van der Waals surface area contributed by atoms with Gasteiger partial charge < -0.3 is 36.3 Å². The summed E-state index contributed by atoms with van der Waals surface area (Å²) in [4.78, 5) is 63.7. The Labute approximate surface area is 242 Å². The molecule has 2 aliphatic rings. The highest BCUT2D eigenvalue weighted by atomic mass is 35.5. The Morgan fingerprint density at radius 2 is 2.12 bits per heavy atom. The van der Waals surface area contributed by atoms with Gasteiger partial charge in [0.1, 0.15) is 32.7 Å². The maximum atomic E-state index is 13.2. The van der Waals surface area contributed by atoms with E-state index in [0.29, 0.717) is 16.7 Å². The lowest BCUT2D eigenvalue weighted by atomic mass is 10.0. The van der Waals surface area contributed by atoms with Gasteiger partial charge in [-0.25, -0.2) is 14.6 Å². The van der Waals surface area contributed by atoms with Gasteiger partial charge >= 0.3 is 11.9 Å². The Hall–Kier alpha value is -4.42. The van der Waals surface area contributed by atoms with Gasteiger partial charge in [-0.05, 0) is 6.92 Å². The molecular weight excluding hydrogens is 604 g/mol. The maximum absolute atomic E-state index is 13.2. The number of oxazole rings is 1. The number of fused-ring (bicyclic) bond motifs is 2. The number of carbonyl (C=O) groups is 4. The number of β-lactam (4-membered cyclic amide) rings is 1. The molecule has 3 atom stereocenters. The van der Waals surface area contributed by atoms with Crippen LogP contribution in [-0.2, 0) is 30.6 Å². The number of nitrogens with two attached hydrogens (primary N) is 2. The molecule has 2 aliphatic heterocycles. The molecule has 0 saturated carbocycles. The molecule has 3 aromatic heterocycles. The van der Waals surface area contributed by atoms with E-state index in [1.807, 2.05) is 0 Å². The number of rotatable bonds is 9. The maximum Gasteiger partial charge on any atom is 0.352 e. The van der Waals surface area contributed by atoms with Gasteiger partial charge in [0.2, 0.25) is 17.9 Å². The van der Waals surface area contributed by atoms with Gasteiger partial charge in [-0.15, -0.1) is 11.8 Å². The highest BCUT2D eigenvalue weighted by molar-refractivity contribution is 8.00. The third-order valence-corrected chi connectivity index (χ3v) is 8.43. The fourth-order valence-electron chi connectivity index (χ4n) is 4.10. The Balaban J connectivity index is 1.37. The number of aromatic nitrogens is 3. The number of carboxylic acid groups (broad SMARTS) is 2. The van der Waals surface area contributed by atoms with Gasteiger partial charge in [-0.3, -0.25) is 14.5 Å². The van der Waals surface area contributed by atoms with Crippen LogP contribution < -0.4 is 21.4 Å². The van der Waals surface area contributed by atoms with E-state index in [-0.39, 0.29) is 39.2 Å². The number of aliphatic carboxylic acids is 2. The molecule has 3 aromatic rings. The first kappa shape index (κ1) is 28.1. The second-order valence-corrected chi connectivity index (χ2v) is 11.5. The van der Waals surface area contributed by atoms with Gasteiger partial charge in [-0.2, -0.15) is 9.55 Å². The Bertz CT molecular complexity index is 1670. The molecule has 0 aliphatic carbocycles. The number of halogens is 1. The number of thioether (sulfide) groups is 1. The number of hydrogen-bond acceptors (Lipinski definition) is 13. The molecule has 0 bridgehead atoms. The second-order valence-electron chi connectivity index (χ2n) is 8.74. The molecule has 1 saturated heterocycles. The standard InChI is InChI=1S/C22H19ClN8O8S2/c1-7(19(34)35)39-29-12(11-15(23)41-22(25)28-11)16(32)27-13-17(33)31-14(20(36)37)8(6-40-18(13)31)4-30-3-2-9-10(5-30)38-21(24)26-9/h2-3,5,7,13,18,24H,4,6H2,1H3,(H5,25,27,28,32,34,35,36,37)/p+1/t7-,13+,18?/m0/s1. The number of oxime groups is 1. The molecule has 1 fully saturated rings. The predicted octanol–water partition coefficient (Wildman–Crippen LogP) is 0.0222. The van der Waals surface area contributed by atoms with Crippen molar-refractivity contribution in [2.45, 2.75) is 31.0 Å². The number of anilines is 2. The summed E-state index contributed by atoms with van der Waals surface area (Å²) in [6, 6.07) is 0.536. The minimum Gasteiger partial charge on any atom is -0.478 e. The summed E-state index contributed by atoms with van der Waals surface area (Å²) in [6.45, 7) is 1.33. The van der Waals surface area contributed by atoms with Crippen LogP contribution in [0.5, 0.6) is 0 Å². The Morgan fingerprint density at radius 1 is 1.37 bits per heavy atom. The lowest BCUT2D eigenvalue weighted by Gasteiger charge is -2.49. The fourth-order valence-corrected chi connectivity index (χ4v) is 6.36. The van der Waals surface area contributed by atoms with Gasteiger partial charge in [0.25, 0.3) is 17.8 Å². The van der Waals surface area contributed by atoms with E-state index in [1.54, 1.807) is 23.0 Å². The monoisotopic (exact) mass is 623 g/mol. The summed E-state index contributed by atoms with van der Waals surface area (Å²) in [6.07, 6.45) is 1.88. The summed E-state index contributed by atoms with van der Waals surface area (Å²) in [5.41, 5.74) is 11.8. The lowest BCUT2D eigenvalue weighted by Crippen LogP contribution is -2.71. The van der Waals surface area contributed by atoms with Crippen molar-refractivity contribution in [3.8, 4) is 0 Å². The van der Waals surface area contributed by atoms with Crippen molar-refractivity contribution in [1.82, 2.24) is 20.2 Å². The van der Waals surface area contributed by atoms with E-state index in [0.717, 1.165) is 16.2 Å². The molecule has 214 valence electrons. The number of nitrogen functional groups attached to an aromatic ring is 2. The van der Waals surface area contributed by atoms with Crippen LogP contribution in [0.25, 0.3) is 11.1 Å². The zero-order chi connectivity index (χ0) is 29.6. The molecule has 19 heteroatoms. The minimum atomic E-state index is -1.41. The SMILES string of the molecule is C[C@H](ON=C(C(=O)N[C@@H]1C(=O)N2C(C(=O)O)=C(C[n+]3ccc4nc(N)oc4c3)CSC12)c1nc(N)sc1Cl)C(=O)O. The second kappa shape index (κ2) is 10.9. The van der Waals surface area contributed by atoms with Gasteiger partial charge in [0.15, 0.2) is 23.6 Å². The smallest absolute Gasteiger partial charge is 0.352 e. The van der Waals surface area contributed by atoms with Gasteiger partial charge in [-0.1, -0.05) is 28.1 Å². The topological polar surface area (TPSA) is 240 Å². The number of hydrogen-bond donors (Lipinski definition) is 5. The number of carbonyl (C=O) groups excluding carboxylic acids is 2. The van der Waals surface area contributed by atoms with Crippen molar-refractivity contribution >= 4 is 86.4 Å². The van der Waals surface area contributed by atoms with Crippen LogP contribution in [0.1, 0.15) is 12.6 Å². The average Bonchev–Trinajstić information content (AvgIpc) is 3.45. The van der Waals surface area contributed by atoms with Crippen LogP contribution in [0.3, 0.4) is 0 Å². The zero-order valence-electron chi connectivity index (χ0n) is 20.8. The molecule has 41 heavy (non-hydrogen) atoms. The normalized spacial score (nSPS) is 19.5. The van der Waals surface area contributed by atoms with Crippen LogP contribution >= 0.6 is 34.7 Å². The largest absolute Gasteiger partial charge is 0.478 e. The van der Waals surface area contributed by atoms with Crippen molar-refractivity contribution in [2.75, 3.05) is 17.2 Å². The van der Waals surface area contributed by atoms with E-state index < -0.39 is 47.0 Å². The summed E-state index contributed by atoms with van der Waals surface area (Å²) in [5.74, 6) is -4.03. The van der Waals surface area contributed by atoms with Crippen LogP contribution in [0, 0.1) is 0 Å². The van der Waals surface area contributed by atoms with Crippen LogP contribution in [-0.4, -0.2) is 77.8 Å².